The number of hydrogen-bond acceptors (Lipinski definition) is 3. The van der Waals surface area contributed by atoms with Gasteiger partial charge in [0.15, 0.2) is 0 Å². The fraction of sp³-hybridized carbons (Fsp3) is 0.235. The number of nitrogens with zero attached hydrogens (tertiary/aromatic N) is 1. The third-order valence-electron chi connectivity index (χ3n) is 3.39. The van der Waals surface area contributed by atoms with Crippen LogP contribution in [0.3, 0.4) is 0 Å². The van der Waals surface area contributed by atoms with Crippen LogP contribution in [0.15, 0.2) is 54.6 Å². The molecule has 0 aromatic heterocycles. The molecule has 4 heteroatoms. The van der Waals surface area contributed by atoms with Crippen LogP contribution in [-0.2, 0) is 17.8 Å². The van der Waals surface area contributed by atoms with Gasteiger partial charge in [0.2, 0.25) is 5.91 Å². The van der Waals surface area contributed by atoms with Gasteiger partial charge in [0.25, 0.3) is 0 Å². The maximum atomic E-state index is 12.3. The zero-order valence-electron chi connectivity index (χ0n) is 12.1. The SMILES string of the molecule is CN(Cc1ccccc1O)C(=O)[C@@H](N)Cc1ccccc1. The van der Waals surface area contributed by atoms with Crippen LogP contribution in [0.25, 0.3) is 0 Å². The molecule has 2 rings (SSSR count). The van der Waals surface area contributed by atoms with E-state index in [0.29, 0.717) is 18.5 Å². The lowest BCUT2D eigenvalue weighted by Gasteiger charge is -2.22. The van der Waals surface area contributed by atoms with Crippen molar-refractivity contribution < 1.29 is 9.90 Å². The minimum Gasteiger partial charge on any atom is -0.508 e. The monoisotopic (exact) mass is 284 g/mol. The molecule has 0 aliphatic rings. The first-order chi connectivity index (χ1) is 10.1. The summed E-state index contributed by atoms with van der Waals surface area (Å²) < 4.78 is 0. The van der Waals surface area contributed by atoms with Crippen LogP contribution in [0.2, 0.25) is 0 Å². The molecule has 0 fully saturated rings. The second kappa shape index (κ2) is 6.90. The third-order valence-corrected chi connectivity index (χ3v) is 3.39. The summed E-state index contributed by atoms with van der Waals surface area (Å²) in [6.45, 7) is 0.341. The smallest absolute Gasteiger partial charge is 0.239 e. The number of benzene rings is 2. The van der Waals surface area contributed by atoms with E-state index in [4.69, 9.17) is 5.73 Å². The van der Waals surface area contributed by atoms with Gasteiger partial charge in [-0.05, 0) is 18.1 Å². The molecule has 0 bridgehead atoms. The Morgan fingerprint density at radius 1 is 1.14 bits per heavy atom. The fourth-order valence-corrected chi connectivity index (χ4v) is 2.22. The number of phenolic OH excluding ortho intramolecular Hbond substituents is 1. The van der Waals surface area contributed by atoms with Gasteiger partial charge >= 0.3 is 0 Å². The number of amides is 1. The predicted molar refractivity (Wildman–Crippen MR) is 82.7 cm³/mol. The van der Waals surface area contributed by atoms with E-state index in [9.17, 15) is 9.90 Å². The summed E-state index contributed by atoms with van der Waals surface area (Å²) in [5.41, 5.74) is 7.73. The normalized spacial score (nSPS) is 11.9. The number of nitrogens with two attached hydrogens (primary N) is 1. The van der Waals surface area contributed by atoms with Crippen LogP contribution in [0.1, 0.15) is 11.1 Å². The van der Waals surface area contributed by atoms with Crippen LogP contribution in [0, 0.1) is 0 Å². The average molecular weight is 284 g/mol. The number of para-hydroxylation sites is 1. The van der Waals surface area contributed by atoms with Gasteiger partial charge in [-0.15, -0.1) is 0 Å². The predicted octanol–water partition coefficient (Wildman–Crippen LogP) is 1.92. The molecule has 0 saturated heterocycles. The van der Waals surface area contributed by atoms with Crippen molar-refractivity contribution in [1.82, 2.24) is 4.90 Å². The van der Waals surface area contributed by atoms with E-state index in [1.165, 1.54) is 0 Å². The second-order valence-corrected chi connectivity index (χ2v) is 5.12. The highest BCUT2D eigenvalue weighted by Gasteiger charge is 2.19. The molecule has 0 unspecified atom stereocenters. The Kier molecular flexibility index (Phi) is 4.95. The van der Waals surface area contributed by atoms with Crippen LogP contribution in [-0.4, -0.2) is 29.0 Å². The first kappa shape index (κ1) is 15.1. The summed E-state index contributed by atoms with van der Waals surface area (Å²) in [5.74, 6) is 0.0517. The molecule has 0 saturated carbocycles. The number of rotatable bonds is 5. The Balaban J connectivity index is 1.97. The van der Waals surface area contributed by atoms with E-state index in [2.05, 4.69) is 0 Å². The number of phenols is 1. The highest BCUT2D eigenvalue weighted by molar-refractivity contribution is 5.81. The lowest BCUT2D eigenvalue weighted by Crippen LogP contribution is -2.42. The van der Waals surface area contributed by atoms with E-state index in [1.807, 2.05) is 36.4 Å². The Hall–Kier alpha value is -2.33. The van der Waals surface area contributed by atoms with E-state index in [1.54, 1.807) is 30.1 Å². The zero-order chi connectivity index (χ0) is 15.2. The molecule has 1 amide bonds. The van der Waals surface area contributed by atoms with Crippen molar-refractivity contribution in [2.45, 2.75) is 19.0 Å². The second-order valence-electron chi connectivity index (χ2n) is 5.12. The van der Waals surface area contributed by atoms with E-state index >= 15 is 0 Å². The van der Waals surface area contributed by atoms with Gasteiger partial charge in [0.05, 0.1) is 6.04 Å². The molecule has 2 aromatic carbocycles. The van der Waals surface area contributed by atoms with Crippen molar-refractivity contribution >= 4 is 5.91 Å². The molecule has 1 atom stereocenters. The van der Waals surface area contributed by atoms with Gasteiger partial charge in [0.1, 0.15) is 5.75 Å². The molecule has 0 spiro atoms. The minimum atomic E-state index is -0.580. The molecule has 0 aliphatic heterocycles. The first-order valence-corrected chi connectivity index (χ1v) is 6.89. The first-order valence-electron chi connectivity index (χ1n) is 6.89. The number of carbonyl (C=O) groups is 1. The molecule has 0 aliphatic carbocycles. The number of aromatic hydroxyl groups is 1. The standard InChI is InChI=1S/C17H20N2O2/c1-19(12-14-9-5-6-10-16(14)20)17(21)15(18)11-13-7-3-2-4-8-13/h2-10,15,20H,11-12,18H2,1H3/t15-/m0/s1. The summed E-state index contributed by atoms with van der Waals surface area (Å²) in [4.78, 5) is 13.8. The van der Waals surface area contributed by atoms with Gasteiger partial charge in [0, 0.05) is 19.2 Å². The molecule has 0 radical (unpaired) electrons. The van der Waals surface area contributed by atoms with E-state index in [0.717, 1.165) is 5.56 Å². The Morgan fingerprint density at radius 3 is 2.43 bits per heavy atom. The lowest BCUT2D eigenvalue weighted by atomic mass is 10.1. The van der Waals surface area contributed by atoms with Gasteiger partial charge in [-0.25, -0.2) is 0 Å². The van der Waals surface area contributed by atoms with Crippen molar-refractivity contribution in [2.75, 3.05) is 7.05 Å². The highest BCUT2D eigenvalue weighted by Crippen LogP contribution is 2.17. The Morgan fingerprint density at radius 2 is 1.76 bits per heavy atom. The van der Waals surface area contributed by atoms with Crippen molar-refractivity contribution in [3.63, 3.8) is 0 Å². The maximum absolute atomic E-state index is 12.3. The molecule has 3 N–H and O–H groups in total. The molecule has 0 heterocycles. The molecule has 4 nitrogen and oxygen atoms in total. The number of likely N-dealkylation sites (N-methyl/N-ethyl adjacent to an activating group) is 1. The van der Waals surface area contributed by atoms with Crippen molar-refractivity contribution in [3.05, 3.63) is 65.7 Å². The van der Waals surface area contributed by atoms with Crippen molar-refractivity contribution in [3.8, 4) is 5.75 Å². The summed E-state index contributed by atoms with van der Waals surface area (Å²) >= 11 is 0. The van der Waals surface area contributed by atoms with E-state index in [-0.39, 0.29) is 11.7 Å². The average Bonchev–Trinajstić information content (AvgIpc) is 2.49. The molecular formula is C17H20N2O2. The van der Waals surface area contributed by atoms with Crippen molar-refractivity contribution in [2.24, 2.45) is 5.73 Å². The Labute approximate surface area is 124 Å². The summed E-state index contributed by atoms with van der Waals surface area (Å²) in [7, 11) is 1.69. The van der Waals surface area contributed by atoms with Crippen LogP contribution in [0.4, 0.5) is 0 Å². The van der Waals surface area contributed by atoms with Crippen LogP contribution >= 0.6 is 0 Å². The van der Waals surface area contributed by atoms with Gasteiger partial charge < -0.3 is 15.7 Å². The highest BCUT2D eigenvalue weighted by atomic mass is 16.3. The topological polar surface area (TPSA) is 66.6 Å². The quantitative estimate of drug-likeness (QED) is 0.881. The van der Waals surface area contributed by atoms with E-state index < -0.39 is 6.04 Å². The van der Waals surface area contributed by atoms with Gasteiger partial charge in [-0.1, -0.05) is 48.5 Å². The maximum Gasteiger partial charge on any atom is 0.239 e. The van der Waals surface area contributed by atoms with Gasteiger partial charge in [-0.3, -0.25) is 4.79 Å². The zero-order valence-corrected chi connectivity index (χ0v) is 12.1. The van der Waals surface area contributed by atoms with Crippen molar-refractivity contribution in [1.29, 1.82) is 0 Å². The number of hydrogen-bond donors (Lipinski definition) is 2. The van der Waals surface area contributed by atoms with Crippen LogP contribution in [0.5, 0.6) is 5.75 Å². The molecule has 2 aromatic rings. The van der Waals surface area contributed by atoms with Crippen LogP contribution < -0.4 is 5.73 Å². The molecular weight excluding hydrogens is 264 g/mol. The lowest BCUT2D eigenvalue weighted by molar-refractivity contribution is -0.131. The number of carbonyl (C=O) groups excluding carboxylic acids is 1. The third kappa shape index (κ3) is 4.07. The Bertz CT molecular complexity index is 599. The molecule has 21 heavy (non-hydrogen) atoms. The summed E-state index contributed by atoms with van der Waals surface area (Å²) in [6.07, 6.45) is 0.505. The largest absolute Gasteiger partial charge is 0.508 e. The fourth-order valence-electron chi connectivity index (χ4n) is 2.22. The summed E-state index contributed by atoms with van der Waals surface area (Å²) in [6, 6.07) is 16.1. The molecule has 110 valence electrons. The minimum absolute atomic E-state index is 0.137. The summed E-state index contributed by atoms with van der Waals surface area (Å²) in [5, 5.41) is 9.75. The van der Waals surface area contributed by atoms with Gasteiger partial charge in [-0.2, -0.15) is 0 Å².